The van der Waals surface area contributed by atoms with Gasteiger partial charge in [-0.25, -0.2) is 0 Å². The third-order valence-electron chi connectivity index (χ3n) is 2.26. The summed E-state index contributed by atoms with van der Waals surface area (Å²) in [5, 5.41) is 3.25. The topological polar surface area (TPSA) is 55.4 Å². The number of aryl methyl sites for hydroxylation is 1. The molecular weight excluding hydrogens is 242 g/mol. The van der Waals surface area contributed by atoms with Crippen LogP contribution in [-0.4, -0.2) is 19.0 Å². The Balaban J connectivity index is 2.56. The number of hydrogen-bond donors (Lipinski definition) is 1. The molecule has 0 fully saturated rings. The highest BCUT2D eigenvalue weighted by Crippen LogP contribution is 2.20. The number of rotatable bonds is 4. The van der Waals surface area contributed by atoms with Crippen molar-refractivity contribution in [3.8, 4) is 0 Å². The standard InChI is InChI=1S/C12H14ClNO3/c1-8-3-4-9(13)7-10(8)14-11(15)5-6-12(16)17-2/h3-4,7H,5-6H2,1-2H3,(H,14,15). The zero-order valence-electron chi connectivity index (χ0n) is 9.75. The first kappa shape index (κ1) is 13.5. The second-order valence-corrected chi connectivity index (χ2v) is 4.02. The molecule has 0 bridgehead atoms. The Morgan fingerprint density at radius 3 is 2.71 bits per heavy atom. The summed E-state index contributed by atoms with van der Waals surface area (Å²) in [6, 6.07) is 5.24. The lowest BCUT2D eigenvalue weighted by Crippen LogP contribution is -2.14. The van der Waals surface area contributed by atoms with Crippen molar-refractivity contribution < 1.29 is 14.3 Å². The van der Waals surface area contributed by atoms with Crippen molar-refractivity contribution in [1.29, 1.82) is 0 Å². The summed E-state index contributed by atoms with van der Waals surface area (Å²) in [6.07, 6.45) is 0.167. The minimum atomic E-state index is -0.400. The van der Waals surface area contributed by atoms with Crippen LogP contribution in [0.1, 0.15) is 18.4 Å². The molecule has 0 unspecified atom stereocenters. The van der Waals surface area contributed by atoms with Crippen molar-refractivity contribution in [3.63, 3.8) is 0 Å². The van der Waals surface area contributed by atoms with Crippen molar-refractivity contribution in [2.24, 2.45) is 0 Å². The van der Waals surface area contributed by atoms with Crippen LogP contribution in [0.2, 0.25) is 5.02 Å². The Morgan fingerprint density at radius 1 is 1.35 bits per heavy atom. The van der Waals surface area contributed by atoms with Crippen LogP contribution in [0, 0.1) is 6.92 Å². The van der Waals surface area contributed by atoms with Gasteiger partial charge in [-0.2, -0.15) is 0 Å². The average Bonchev–Trinajstić information content (AvgIpc) is 2.30. The Kier molecular flexibility index (Phi) is 4.97. The van der Waals surface area contributed by atoms with Crippen LogP contribution in [0.5, 0.6) is 0 Å². The van der Waals surface area contributed by atoms with Crippen molar-refractivity contribution in [1.82, 2.24) is 0 Å². The second kappa shape index (κ2) is 6.25. The molecule has 0 aromatic heterocycles. The molecule has 0 radical (unpaired) electrons. The molecular formula is C12H14ClNO3. The first-order chi connectivity index (χ1) is 8.02. The maximum atomic E-state index is 11.5. The third-order valence-corrected chi connectivity index (χ3v) is 2.49. The van der Waals surface area contributed by atoms with E-state index in [9.17, 15) is 9.59 Å². The lowest BCUT2D eigenvalue weighted by Gasteiger charge is -2.08. The van der Waals surface area contributed by atoms with E-state index in [0.29, 0.717) is 10.7 Å². The highest BCUT2D eigenvalue weighted by Gasteiger charge is 2.08. The maximum absolute atomic E-state index is 11.5. The van der Waals surface area contributed by atoms with E-state index in [1.807, 2.05) is 13.0 Å². The number of halogens is 1. The number of benzene rings is 1. The quantitative estimate of drug-likeness (QED) is 0.842. The molecule has 0 atom stereocenters. The van der Waals surface area contributed by atoms with E-state index in [2.05, 4.69) is 10.1 Å². The molecule has 0 aliphatic carbocycles. The van der Waals surface area contributed by atoms with E-state index in [0.717, 1.165) is 5.56 Å². The van der Waals surface area contributed by atoms with Crippen molar-refractivity contribution in [2.45, 2.75) is 19.8 Å². The van der Waals surface area contributed by atoms with E-state index in [1.165, 1.54) is 7.11 Å². The number of methoxy groups -OCH3 is 1. The average molecular weight is 256 g/mol. The zero-order chi connectivity index (χ0) is 12.8. The lowest BCUT2D eigenvalue weighted by atomic mass is 10.2. The summed E-state index contributed by atoms with van der Waals surface area (Å²) in [5.41, 5.74) is 1.58. The van der Waals surface area contributed by atoms with Crippen LogP contribution >= 0.6 is 11.6 Å². The molecule has 0 aliphatic heterocycles. The van der Waals surface area contributed by atoms with Gasteiger partial charge in [0, 0.05) is 17.1 Å². The molecule has 0 aliphatic rings. The molecule has 5 heteroatoms. The molecule has 17 heavy (non-hydrogen) atoms. The van der Waals surface area contributed by atoms with Crippen LogP contribution in [0.3, 0.4) is 0 Å². The normalized spacial score (nSPS) is 9.82. The number of carbonyl (C=O) groups excluding carboxylic acids is 2. The summed E-state index contributed by atoms with van der Waals surface area (Å²) in [5.74, 6) is -0.635. The molecule has 1 aromatic carbocycles. The number of esters is 1. The molecule has 92 valence electrons. The minimum Gasteiger partial charge on any atom is -0.469 e. The SMILES string of the molecule is COC(=O)CCC(=O)Nc1cc(Cl)ccc1C. The molecule has 0 heterocycles. The monoisotopic (exact) mass is 255 g/mol. The lowest BCUT2D eigenvalue weighted by molar-refractivity contribution is -0.141. The summed E-state index contributed by atoms with van der Waals surface area (Å²) in [4.78, 5) is 22.4. The van der Waals surface area contributed by atoms with E-state index in [1.54, 1.807) is 12.1 Å². The predicted molar refractivity (Wildman–Crippen MR) is 66.1 cm³/mol. The molecule has 1 N–H and O–H groups in total. The molecule has 1 amide bonds. The molecule has 0 saturated heterocycles. The van der Waals surface area contributed by atoms with Crippen LogP contribution < -0.4 is 5.32 Å². The number of anilines is 1. The van der Waals surface area contributed by atoms with E-state index >= 15 is 0 Å². The Morgan fingerprint density at radius 2 is 2.06 bits per heavy atom. The fourth-order valence-corrected chi connectivity index (χ4v) is 1.43. The van der Waals surface area contributed by atoms with Crippen molar-refractivity contribution in [2.75, 3.05) is 12.4 Å². The van der Waals surface area contributed by atoms with Crippen LogP contribution in [-0.2, 0) is 14.3 Å². The Labute approximate surface area is 105 Å². The summed E-state index contributed by atoms with van der Waals surface area (Å²) in [6.45, 7) is 1.87. The molecule has 1 rings (SSSR count). The predicted octanol–water partition coefficient (Wildman–Crippen LogP) is 2.54. The van der Waals surface area contributed by atoms with Gasteiger partial charge in [0.1, 0.15) is 0 Å². The van der Waals surface area contributed by atoms with Gasteiger partial charge in [-0.05, 0) is 24.6 Å². The van der Waals surface area contributed by atoms with Crippen molar-refractivity contribution in [3.05, 3.63) is 28.8 Å². The van der Waals surface area contributed by atoms with Crippen LogP contribution in [0.25, 0.3) is 0 Å². The Hall–Kier alpha value is -1.55. The third kappa shape index (κ3) is 4.44. The fourth-order valence-electron chi connectivity index (χ4n) is 1.26. The van der Waals surface area contributed by atoms with Gasteiger partial charge in [0.2, 0.25) is 5.91 Å². The van der Waals surface area contributed by atoms with E-state index in [4.69, 9.17) is 11.6 Å². The van der Waals surface area contributed by atoms with E-state index in [-0.39, 0.29) is 18.7 Å². The largest absolute Gasteiger partial charge is 0.469 e. The van der Waals surface area contributed by atoms with Crippen molar-refractivity contribution >= 4 is 29.2 Å². The summed E-state index contributed by atoms with van der Waals surface area (Å²) < 4.78 is 4.45. The fraction of sp³-hybridized carbons (Fsp3) is 0.333. The number of ether oxygens (including phenoxy) is 1. The van der Waals surface area contributed by atoms with E-state index < -0.39 is 5.97 Å². The van der Waals surface area contributed by atoms with Gasteiger partial charge in [-0.15, -0.1) is 0 Å². The molecule has 0 saturated carbocycles. The van der Waals surface area contributed by atoms with Gasteiger partial charge in [-0.3, -0.25) is 9.59 Å². The molecule has 4 nitrogen and oxygen atoms in total. The first-order valence-electron chi connectivity index (χ1n) is 5.15. The summed E-state index contributed by atoms with van der Waals surface area (Å²) in [7, 11) is 1.29. The highest BCUT2D eigenvalue weighted by molar-refractivity contribution is 6.31. The highest BCUT2D eigenvalue weighted by atomic mass is 35.5. The maximum Gasteiger partial charge on any atom is 0.306 e. The van der Waals surface area contributed by atoms with Crippen LogP contribution in [0.15, 0.2) is 18.2 Å². The smallest absolute Gasteiger partial charge is 0.306 e. The summed E-state index contributed by atoms with van der Waals surface area (Å²) >= 11 is 5.82. The first-order valence-corrected chi connectivity index (χ1v) is 5.53. The number of carbonyl (C=O) groups is 2. The zero-order valence-corrected chi connectivity index (χ0v) is 10.5. The molecule has 0 spiro atoms. The van der Waals surface area contributed by atoms with Gasteiger partial charge < -0.3 is 10.1 Å². The number of amides is 1. The molecule has 1 aromatic rings. The Bertz CT molecular complexity index is 432. The minimum absolute atomic E-state index is 0.0714. The van der Waals surface area contributed by atoms with Crippen LogP contribution in [0.4, 0.5) is 5.69 Å². The van der Waals surface area contributed by atoms with Gasteiger partial charge in [0.15, 0.2) is 0 Å². The van der Waals surface area contributed by atoms with Gasteiger partial charge in [0.25, 0.3) is 0 Å². The number of hydrogen-bond acceptors (Lipinski definition) is 3. The number of nitrogens with one attached hydrogen (secondary N) is 1. The van der Waals surface area contributed by atoms with Gasteiger partial charge >= 0.3 is 5.97 Å². The van der Waals surface area contributed by atoms with Gasteiger partial charge in [-0.1, -0.05) is 17.7 Å². The van der Waals surface area contributed by atoms with Gasteiger partial charge in [0.05, 0.1) is 13.5 Å². The second-order valence-electron chi connectivity index (χ2n) is 3.58.